The second kappa shape index (κ2) is 5.59. The summed E-state index contributed by atoms with van der Waals surface area (Å²) in [5, 5.41) is 2.86. The van der Waals surface area contributed by atoms with Crippen molar-refractivity contribution in [2.45, 2.75) is 0 Å². The van der Waals surface area contributed by atoms with Crippen LogP contribution in [0.25, 0.3) is 0 Å². The van der Waals surface area contributed by atoms with Crippen LogP contribution >= 0.6 is 27.5 Å². The summed E-state index contributed by atoms with van der Waals surface area (Å²) >= 11 is 9.21. The third kappa shape index (κ3) is 3.24. The lowest BCUT2D eigenvalue weighted by Gasteiger charge is -2.08. The molecule has 1 amide bonds. The summed E-state index contributed by atoms with van der Waals surface area (Å²) in [6.45, 7) is 0. The highest BCUT2D eigenvalue weighted by Gasteiger charge is 2.11. The Hall–Kier alpha value is -1.59. The van der Waals surface area contributed by atoms with Gasteiger partial charge < -0.3 is 11.1 Å². The van der Waals surface area contributed by atoms with Crippen molar-refractivity contribution >= 4 is 44.8 Å². The Morgan fingerprint density at radius 3 is 2.63 bits per heavy atom. The van der Waals surface area contributed by atoms with Crippen molar-refractivity contribution in [3.05, 3.63) is 57.3 Å². The predicted octanol–water partition coefficient (Wildman–Crippen LogP) is 4.08. The van der Waals surface area contributed by atoms with Gasteiger partial charge in [0.1, 0.15) is 5.82 Å². The third-order valence-electron chi connectivity index (χ3n) is 2.43. The number of nitrogens with two attached hydrogens (primary N) is 1. The Balaban J connectivity index is 2.23. The zero-order chi connectivity index (χ0) is 14.0. The fourth-order valence-corrected chi connectivity index (χ4v) is 2.24. The minimum absolute atomic E-state index is 0.0275. The molecule has 2 aromatic carbocycles. The summed E-state index contributed by atoms with van der Waals surface area (Å²) in [6, 6.07) is 8.94. The summed E-state index contributed by atoms with van der Waals surface area (Å²) in [5.41, 5.74) is 6.01. The first kappa shape index (κ1) is 13.8. The molecule has 0 unspecified atom stereocenters. The average molecular weight is 344 g/mol. The molecule has 0 fully saturated rings. The number of anilines is 2. The molecule has 0 aliphatic carbocycles. The van der Waals surface area contributed by atoms with Crippen LogP contribution in [0.5, 0.6) is 0 Å². The average Bonchev–Trinajstić information content (AvgIpc) is 2.33. The molecule has 19 heavy (non-hydrogen) atoms. The van der Waals surface area contributed by atoms with E-state index in [2.05, 4.69) is 21.2 Å². The third-order valence-corrected chi connectivity index (χ3v) is 3.24. The predicted molar refractivity (Wildman–Crippen MR) is 77.9 cm³/mol. The highest BCUT2D eigenvalue weighted by atomic mass is 79.9. The van der Waals surface area contributed by atoms with Crippen LogP contribution in [0.15, 0.2) is 40.9 Å². The van der Waals surface area contributed by atoms with Gasteiger partial charge in [-0.3, -0.25) is 4.79 Å². The molecule has 0 aliphatic heterocycles. The number of carbonyl (C=O) groups excluding carboxylic acids is 1. The maximum absolute atomic E-state index is 13.3. The molecular formula is C13H9BrClFN2O. The molecule has 0 radical (unpaired) electrons. The lowest BCUT2D eigenvalue weighted by Crippen LogP contribution is -2.12. The van der Waals surface area contributed by atoms with Crippen molar-refractivity contribution in [1.82, 2.24) is 0 Å². The Kier molecular flexibility index (Phi) is 4.07. The van der Waals surface area contributed by atoms with E-state index >= 15 is 0 Å². The van der Waals surface area contributed by atoms with Crippen molar-refractivity contribution in [3.63, 3.8) is 0 Å². The van der Waals surface area contributed by atoms with Gasteiger partial charge in [0, 0.05) is 10.2 Å². The zero-order valence-electron chi connectivity index (χ0n) is 9.58. The Morgan fingerprint density at radius 2 is 2.00 bits per heavy atom. The van der Waals surface area contributed by atoms with Crippen LogP contribution in [0.3, 0.4) is 0 Å². The van der Waals surface area contributed by atoms with Crippen molar-refractivity contribution in [1.29, 1.82) is 0 Å². The number of amides is 1. The number of carbonyl (C=O) groups is 1. The van der Waals surface area contributed by atoms with E-state index in [0.717, 1.165) is 10.5 Å². The summed E-state index contributed by atoms with van der Waals surface area (Å²) < 4.78 is 14.0. The van der Waals surface area contributed by atoms with E-state index in [-0.39, 0.29) is 5.69 Å². The Labute approximate surface area is 122 Å². The fourth-order valence-electron chi connectivity index (χ4n) is 1.48. The minimum atomic E-state index is -0.584. The number of hydrogen-bond acceptors (Lipinski definition) is 2. The van der Waals surface area contributed by atoms with Crippen LogP contribution in [0.2, 0.25) is 5.02 Å². The normalized spacial score (nSPS) is 10.3. The van der Waals surface area contributed by atoms with Crippen molar-refractivity contribution in [2.24, 2.45) is 0 Å². The smallest absolute Gasteiger partial charge is 0.257 e. The molecule has 0 atom stereocenters. The van der Waals surface area contributed by atoms with E-state index in [1.807, 2.05) is 0 Å². The van der Waals surface area contributed by atoms with Crippen molar-refractivity contribution < 1.29 is 9.18 Å². The van der Waals surface area contributed by atoms with Gasteiger partial charge in [0.25, 0.3) is 5.91 Å². The van der Waals surface area contributed by atoms with Crippen LogP contribution < -0.4 is 11.1 Å². The molecule has 6 heteroatoms. The van der Waals surface area contributed by atoms with Gasteiger partial charge in [-0.2, -0.15) is 0 Å². The van der Waals surface area contributed by atoms with Crippen molar-refractivity contribution in [3.8, 4) is 0 Å². The van der Waals surface area contributed by atoms with E-state index in [1.165, 1.54) is 12.1 Å². The van der Waals surface area contributed by atoms with E-state index in [4.69, 9.17) is 17.3 Å². The monoisotopic (exact) mass is 342 g/mol. The van der Waals surface area contributed by atoms with Gasteiger partial charge in [-0.15, -0.1) is 0 Å². The van der Waals surface area contributed by atoms with Gasteiger partial charge in [-0.25, -0.2) is 4.39 Å². The summed E-state index contributed by atoms with van der Waals surface area (Å²) in [4.78, 5) is 12.0. The second-order valence-electron chi connectivity index (χ2n) is 3.81. The highest BCUT2D eigenvalue weighted by Crippen LogP contribution is 2.23. The Bertz CT molecular complexity index is 649. The molecule has 0 aliphatic rings. The summed E-state index contributed by atoms with van der Waals surface area (Å²) in [6.07, 6.45) is 0. The number of rotatable bonds is 2. The lowest BCUT2D eigenvalue weighted by atomic mass is 10.2. The summed E-state index contributed by atoms with van der Waals surface area (Å²) in [7, 11) is 0. The van der Waals surface area contributed by atoms with Gasteiger partial charge >= 0.3 is 0 Å². The quantitative estimate of drug-likeness (QED) is 0.807. The molecule has 3 N–H and O–H groups in total. The number of nitrogens with one attached hydrogen (secondary N) is 1. The molecule has 0 saturated heterocycles. The van der Waals surface area contributed by atoms with E-state index in [1.54, 1.807) is 18.2 Å². The fraction of sp³-hybridized carbons (Fsp3) is 0. The number of hydrogen-bond donors (Lipinski definition) is 2. The molecule has 0 heterocycles. The molecule has 2 rings (SSSR count). The van der Waals surface area contributed by atoms with Gasteiger partial charge in [0.2, 0.25) is 0 Å². The van der Waals surface area contributed by atoms with E-state index in [9.17, 15) is 9.18 Å². The largest absolute Gasteiger partial charge is 0.396 e. The Morgan fingerprint density at radius 1 is 1.26 bits per heavy atom. The SMILES string of the molecule is Nc1ccc(NC(=O)c2ccc(Br)cc2Cl)cc1F. The topological polar surface area (TPSA) is 55.1 Å². The molecule has 2 aromatic rings. The van der Waals surface area contributed by atoms with Crippen LogP contribution in [-0.4, -0.2) is 5.91 Å². The maximum atomic E-state index is 13.3. The zero-order valence-corrected chi connectivity index (χ0v) is 11.9. The van der Waals surface area contributed by atoms with Crippen LogP contribution in [0.4, 0.5) is 15.8 Å². The summed E-state index contributed by atoms with van der Waals surface area (Å²) in [5.74, 6) is -0.999. The molecule has 0 aromatic heterocycles. The first-order valence-electron chi connectivity index (χ1n) is 5.29. The maximum Gasteiger partial charge on any atom is 0.257 e. The minimum Gasteiger partial charge on any atom is -0.396 e. The lowest BCUT2D eigenvalue weighted by molar-refractivity contribution is 0.102. The standard InChI is InChI=1S/C13H9BrClFN2O/c14-7-1-3-9(10(15)5-7)13(19)18-8-2-4-12(17)11(16)6-8/h1-6H,17H2,(H,18,19). The molecule has 0 bridgehead atoms. The number of benzene rings is 2. The molecule has 0 spiro atoms. The van der Waals surface area contributed by atoms with Gasteiger partial charge in [-0.1, -0.05) is 27.5 Å². The first-order chi connectivity index (χ1) is 8.97. The van der Waals surface area contributed by atoms with Gasteiger partial charge in [-0.05, 0) is 36.4 Å². The van der Waals surface area contributed by atoms with Crippen LogP contribution in [-0.2, 0) is 0 Å². The molecule has 0 saturated carbocycles. The molecule has 3 nitrogen and oxygen atoms in total. The van der Waals surface area contributed by atoms with Crippen LogP contribution in [0, 0.1) is 5.82 Å². The van der Waals surface area contributed by atoms with E-state index < -0.39 is 11.7 Å². The van der Waals surface area contributed by atoms with Gasteiger partial charge in [0.05, 0.1) is 16.3 Å². The van der Waals surface area contributed by atoms with Crippen molar-refractivity contribution in [2.75, 3.05) is 11.1 Å². The first-order valence-corrected chi connectivity index (χ1v) is 6.46. The highest BCUT2D eigenvalue weighted by molar-refractivity contribution is 9.10. The molecular weight excluding hydrogens is 335 g/mol. The number of nitrogen functional groups attached to an aromatic ring is 1. The van der Waals surface area contributed by atoms with Crippen LogP contribution in [0.1, 0.15) is 10.4 Å². The number of halogens is 3. The molecule has 98 valence electrons. The van der Waals surface area contributed by atoms with Gasteiger partial charge in [0.15, 0.2) is 0 Å². The van der Waals surface area contributed by atoms with E-state index in [0.29, 0.717) is 16.3 Å². The second-order valence-corrected chi connectivity index (χ2v) is 5.14.